The molecule has 0 atom stereocenters. The molecule has 0 radical (unpaired) electrons. The van der Waals surface area contributed by atoms with Gasteiger partial charge in [-0.05, 0) is 17.7 Å². The second kappa shape index (κ2) is 6.38. The van der Waals surface area contributed by atoms with E-state index in [-0.39, 0.29) is 6.01 Å². The summed E-state index contributed by atoms with van der Waals surface area (Å²) in [5.41, 5.74) is 0.993. The van der Waals surface area contributed by atoms with Gasteiger partial charge in [0, 0.05) is 26.2 Å². The van der Waals surface area contributed by atoms with E-state index in [9.17, 15) is 0 Å². The summed E-state index contributed by atoms with van der Waals surface area (Å²) in [5.74, 6) is 1.00. The summed E-state index contributed by atoms with van der Waals surface area (Å²) >= 11 is 5.84. The minimum absolute atomic E-state index is 0.281. The molecule has 0 saturated heterocycles. The second-order valence-electron chi connectivity index (χ2n) is 4.30. The lowest BCUT2D eigenvalue weighted by Crippen LogP contribution is -2.15. The molecule has 0 aliphatic heterocycles. The van der Waals surface area contributed by atoms with E-state index in [2.05, 4.69) is 20.3 Å². The molecule has 20 heavy (non-hydrogen) atoms. The van der Waals surface area contributed by atoms with Crippen molar-refractivity contribution < 1.29 is 4.74 Å². The van der Waals surface area contributed by atoms with Crippen molar-refractivity contribution in [3.63, 3.8) is 0 Å². The van der Waals surface area contributed by atoms with Gasteiger partial charge in [0.15, 0.2) is 0 Å². The molecule has 1 heterocycles. The van der Waals surface area contributed by atoms with Crippen LogP contribution in [0.3, 0.4) is 0 Å². The first-order valence-corrected chi connectivity index (χ1v) is 6.44. The van der Waals surface area contributed by atoms with Crippen LogP contribution in [0.1, 0.15) is 5.56 Å². The van der Waals surface area contributed by atoms with Gasteiger partial charge in [-0.3, -0.25) is 0 Å². The summed E-state index contributed by atoms with van der Waals surface area (Å²) in [4.78, 5) is 14.4. The van der Waals surface area contributed by atoms with Crippen LogP contribution >= 0.6 is 11.6 Å². The molecular formula is C13H16ClN5O. The zero-order valence-corrected chi connectivity index (χ0v) is 12.3. The lowest BCUT2D eigenvalue weighted by atomic mass is 10.2. The largest absolute Gasteiger partial charge is 0.458 e. The van der Waals surface area contributed by atoms with Crippen LogP contribution in [0.4, 0.5) is 11.9 Å². The SMILES string of the molecule is CNc1nc(OCc2ccc(Cl)cc2)nc(N(C)C)n1. The third kappa shape index (κ3) is 3.71. The molecule has 0 aliphatic rings. The standard InChI is InChI=1S/C13H16ClN5O/c1-15-11-16-12(19(2)3)18-13(17-11)20-8-9-4-6-10(14)7-5-9/h4-7H,8H2,1-3H3,(H,15,16,17,18). The number of hydrogen-bond donors (Lipinski definition) is 1. The van der Waals surface area contributed by atoms with Crippen LogP contribution in [0.25, 0.3) is 0 Å². The van der Waals surface area contributed by atoms with Crippen molar-refractivity contribution in [3.05, 3.63) is 34.9 Å². The molecule has 0 fully saturated rings. The molecule has 1 aromatic heterocycles. The predicted molar refractivity (Wildman–Crippen MR) is 79.5 cm³/mol. The van der Waals surface area contributed by atoms with Gasteiger partial charge in [-0.2, -0.15) is 15.0 Å². The number of aromatic nitrogens is 3. The monoisotopic (exact) mass is 293 g/mol. The fourth-order valence-corrected chi connectivity index (χ4v) is 1.58. The first kappa shape index (κ1) is 14.3. The lowest BCUT2D eigenvalue weighted by molar-refractivity contribution is 0.280. The van der Waals surface area contributed by atoms with Crippen LogP contribution in [0.5, 0.6) is 6.01 Å². The highest BCUT2D eigenvalue weighted by atomic mass is 35.5. The maximum absolute atomic E-state index is 5.84. The first-order valence-electron chi connectivity index (χ1n) is 6.07. The fraction of sp³-hybridized carbons (Fsp3) is 0.308. The van der Waals surface area contributed by atoms with Crippen molar-refractivity contribution >= 4 is 23.5 Å². The number of ether oxygens (including phenoxy) is 1. The molecule has 7 heteroatoms. The van der Waals surface area contributed by atoms with Gasteiger partial charge in [-0.1, -0.05) is 23.7 Å². The van der Waals surface area contributed by atoms with E-state index in [1.165, 1.54) is 0 Å². The number of benzene rings is 1. The normalized spacial score (nSPS) is 10.2. The molecule has 0 aliphatic carbocycles. The topological polar surface area (TPSA) is 63.2 Å². The molecule has 106 valence electrons. The highest BCUT2D eigenvalue weighted by Crippen LogP contribution is 2.15. The number of hydrogen-bond acceptors (Lipinski definition) is 6. The molecule has 0 amide bonds. The molecule has 0 spiro atoms. The molecule has 1 N–H and O–H groups in total. The van der Waals surface area contributed by atoms with Crippen molar-refractivity contribution in [2.75, 3.05) is 31.4 Å². The number of anilines is 2. The lowest BCUT2D eigenvalue weighted by Gasteiger charge is -2.12. The Morgan fingerprint density at radius 1 is 1.15 bits per heavy atom. The molecule has 0 saturated carbocycles. The molecule has 0 bridgehead atoms. The van der Waals surface area contributed by atoms with Gasteiger partial charge in [0.2, 0.25) is 11.9 Å². The number of nitrogens with one attached hydrogen (secondary N) is 1. The smallest absolute Gasteiger partial charge is 0.323 e. The Labute approximate surface area is 122 Å². The quantitative estimate of drug-likeness (QED) is 0.912. The van der Waals surface area contributed by atoms with E-state index in [1.54, 1.807) is 11.9 Å². The zero-order valence-electron chi connectivity index (χ0n) is 11.6. The second-order valence-corrected chi connectivity index (χ2v) is 4.74. The van der Waals surface area contributed by atoms with Crippen LogP contribution in [0, 0.1) is 0 Å². The average molecular weight is 294 g/mol. The maximum Gasteiger partial charge on any atom is 0.323 e. The van der Waals surface area contributed by atoms with Crippen molar-refractivity contribution in [3.8, 4) is 6.01 Å². The Hall–Kier alpha value is -2.08. The van der Waals surface area contributed by atoms with E-state index >= 15 is 0 Å². The summed E-state index contributed by atoms with van der Waals surface area (Å²) in [6.07, 6.45) is 0. The predicted octanol–water partition coefficient (Wildman–Crippen LogP) is 2.21. The minimum atomic E-state index is 0.281. The van der Waals surface area contributed by atoms with Gasteiger partial charge in [-0.15, -0.1) is 0 Å². The van der Waals surface area contributed by atoms with Crippen molar-refractivity contribution in [1.29, 1.82) is 0 Å². The van der Waals surface area contributed by atoms with Crippen molar-refractivity contribution in [1.82, 2.24) is 15.0 Å². The Morgan fingerprint density at radius 3 is 2.45 bits per heavy atom. The van der Waals surface area contributed by atoms with E-state index in [4.69, 9.17) is 16.3 Å². The van der Waals surface area contributed by atoms with Gasteiger partial charge in [0.25, 0.3) is 0 Å². The Kier molecular flexibility index (Phi) is 4.57. The minimum Gasteiger partial charge on any atom is -0.458 e. The summed E-state index contributed by atoms with van der Waals surface area (Å²) < 4.78 is 5.59. The average Bonchev–Trinajstić information content (AvgIpc) is 2.46. The van der Waals surface area contributed by atoms with Crippen LogP contribution in [0.2, 0.25) is 5.02 Å². The third-order valence-corrected chi connectivity index (χ3v) is 2.76. The number of nitrogens with zero attached hydrogens (tertiary/aromatic N) is 4. The maximum atomic E-state index is 5.84. The summed E-state index contributed by atoms with van der Waals surface area (Å²) in [5, 5.41) is 3.58. The highest BCUT2D eigenvalue weighted by molar-refractivity contribution is 6.30. The van der Waals surface area contributed by atoms with Crippen LogP contribution in [-0.2, 0) is 6.61 Å². The van der Waals surface area contributed by atoms with E-state index in [1.807, 2.05) is 38.4 Å². The Bertz CT molecular complexity index is 573. The molecule has 2 rings (SSSR count). The Morgan fingerprint density at radius 2 is 1.85 bits per heavy atom. The first-order chi connectivity index (χ1) is 9.58. The number of halogens is 1. The molecule has 2 aromatic rings. The van der Waals surface area contributed by atoms with E-state index in [0.717, 1.165) is 5.56 Å². The summed E-state index contributed by atoms with van der Waals surface area (Å²) in [6.45, 7) is 0.372. The molecular weight excluding hydrogens is 278 g/mol. The van der Waals surface area contributed by atoms with Crippen LogP contribution in [0.15, 0.2) is 24.3 Å². The highest BCUT2D eigenvalue weighted by Gasteiger charge is 2.08. The molecule has 1 aromatic carbocycles. The van der Waals surface area contributed by atoms with Crippen LogP contribution < -0.4 is 15.0 Å². The van der Waals surface area contributed by atoms with Gasteiger partial charge >= 0.3 is 6.01 Å². The van der Waals surface area contributed by atoms with Gasteiger partial charge in [0.1, 0.15) is 6.61 Å². The summed E-state index contributed by atoms with van der Waals surface area (Å²) in [6, 6.07) is 7.71. The van der Waals surface area contributed by atoms with Crippen LogP contribution in [-0.4, -0.2) is 36.1 Å². The third-order valence-electron chi connectivity index (χ3n) is 2.51. The van der Waals surface area contributed by atoms with Gasteiger partial charge in [-0.25, -0.2) is 0 Å². The fourth-order valence-electron chi connectivity index (χ4n) is 1.45. The molecule has 6 nitrogen and oxygen atoms in total. The van der Waals surface area contributed by atoms with Gasteiger partial charge < -0.3 is 15.0 Å². The molecule has 0 unspecified atom stereocenters. The summed E-state index contributed by atoms with van der Waals surface area (Å²) in [7, 11) is 5.47. The van der Waals surface area contributed by atoms with Gasteiger partial charge in [0.05, 0.1) is 0 Å². The zero-order chi connectivity index (χ0) is 14.5. The van der Waals surface area contributed by atoms with Crippen molar-refractivity contribution in [2.24, 2.45) is 0 Å². The van der Waals surface area contributed by atoms with E-state index < -0.39 is 0 Å². The Balaban J connectivity index is 2.12. The number of rotatable bonds is 5. The van der Waals surface area contributed by atoms with Crippen molar-refractivity contribution in [2.45, 2.75) is 6.61 Å². The van der Waals surface area contributed by atoms with E-state index in [0.29, 0.717) is 23.5 Å².